The van der Waals surface area contributed by atoms with Gasteiger partial charge >= 0.3 is 5.97 Å². The maximum absolute atomic E-state index is 11.7. The quantitative estimate of drug-likeness (QED) is 0.488. The maximum Gasteiger partial charge on any atom is 0.328 e. The largest absolute Gasteiger partial charge is 0.467 e. The minimum absolute atomic E-state index is 0.0318. The Hall–Kier alpha value is -2.18. The molecule has 0 spiro atoms. The first-order valence-corrected chi connectivity index (χ1v) is 6.30. The van der Waals surface area contributed by atoms with Gasteiger partial charge in [0.1, 0.15) is 11.9 Å². The summed E-state index contributed by atoms with van der Waals surface area (Å²) in [4.78, 5) is 26.2. The number of aryl methyl sites for hydroxylation is 1. The lowest BCUT2D eigenvalue weighted by molar-refractivity contribution is -0.385. The Labute approximate surface area is 117 Å². The number of pyridine rings is 1. The summed E-state index contributed by atoms with van der Waals surface area (Å²) in [5, 5.41) is 13.8. The van der Waals surface area contributed by atoms with Crippen LogP contribution in [0.1, 0.15) is 25.8 Å². The van der Waals surface area contributed by atoms with Crippen LogP contribution in [0.15, 0.2) is 12.3 Å². The summed E-state index contributed by atoms with van der Waals surface area (Å²) in [6.07, 6.45) is 1.96. The second kappa shape index (κ2) is 6.83. The van der Waals surface area contributed by atoms with E-state index in [4.69, 9.17) is 4.74 Å². The number of hydrogen-bond donors (Lipinski definition) is 1. The van der Waals surface area contributed by atoms with Gasteiger partial charge in [0, 0.05) is 11.8 Å². The van der Waals surface area contributed by atoms with E-state index in [2.05, 4.69) is 10.3 Å². The van der Waals surface area contributed by atoms with Crippen LogP contribution in [-0.4, -0.2) is 29.0 Å². The number of aromatic nitrogens is 1. The first-order valence-electron chi connectivity index (χ1n) is 6.30. The van der Waals surface area contributed by atoms with Gasteiger partial charge < -0.3 is 10.1 Å². The number of carbonyl (C=O) groups is 1. The molecule has 1 atom stereocenters. The zero-order valence-corrected chi connectivity index (χ0v) is 12.0. The van der Waals surface area contributed by atoms with E-state index in [-0.39, 0.29) is 11.6 Å². The van der Waals surface area contributed by atoms with Gasteiger partial charge in [-0.2, -0.15) is 0 Å². The Morgan fingerprint density at radius 2 is 2.20 bits per heavy atom. The molecule has 0 aromatic carbocycles. The van der Waals surface area contributed by atoms with Crippen molar-refractivity contribution in [2.45, 2.75) is 33.2 Å². The molecule has 0 aliphatic rings. The summed E-state index contributed by atoms with van der Waals surface area (Å²) >= 11 is 0. The first-order chi connectivity index (χ1) is 9.35. The van der Waals surface area contributed by atoms with Gasteiger partial charge in [0.25, 0.3) is 5.69 Å². The van der Waals surface area contributed by atoms with E-state index in [0.29, 0.717) is 17.8 Å². The average molecular weight is 281 g/mol. The van der Waals surface area contributed by atoms with Crippen molar-refractivity contribution in [3.05, 3.63) is 27.9 Å². The molecule has 1 heterocycles. The van der Waals surface area contributed by atoms with Crippen LogP contribution in [0, 0.1) is 23.0 Å². The topological polar surface area (TPSA) is 94.4 Å². The Morgan fingerprint density at radius 1 is 1.55 bits per heavy atom. The van der Waals surface area contributed by atoms with Crippen LogP contribution in [-0.2, 0) is 9.53 Å². The van der Waals surface area contributed by atoms with E-state index in [1.54, 1.807) is 6.92 Å². The number of rotatable bonds is 6. The summed E-state index contributed by atoms with van der Waals surface area (Å²) in [5.74, 6) is 0.147. The van der Waals surface area contributed by atoms with E-state index in [1.165, 1.54) is 19.4 Å². The summed E-state index contributed by atoms with van der Waals surface area (Å²) in [7, 11) is 1.31. The van der Waals surface area contributed by atoms with Gasteiger partial charge in [0.2, 0.25) is 0 Å². The van der Waals surface area contributed by atoms with Crippen molar-refractivity contribution in [3.8, 4) is 0 Å². The molecule has 0 radical (unpaired) electrons. The monoisotopic (exact) mass is 281 g/mol. The third kappa shape index (κ3) is 4.18. The van der Waals surface area contributed by atoms with E-state index in [9.17, 15) is 14.9 Å². The molecule has 0 saturated heterocycles. The van der Waals surface area contributed by atoms with Crippen molar-refractivity contribution < 1.29 is 14.5 Å². The molecule has 0 bridgehead atoms. The number of nitrogens with one attached hydrogen (secondary N) is 1. The van der Waals surface area contributed by atoms with E-state index in [1.807, 2.05) is 13.8 Å². The highest BCUT2D eigenvalue weighted by Gasteiger charge is 2.22. The maximum atomic E-state index is 11.7. The molecule has 110 valence electrons. The molecule has 1 aromatic rings. The van der Waals surface area contributed by atoms with Crippen LogP contribution >= 0.6 is 0 Å². The average Bonchev–Trinajstić information content (AvgIpc) is 2.38. The van der Waals surface area contributed by atoms with Crippen LogP contribution in [0.4, 0.5) is 11.5 Å². The van der Waals surface area contributed by atoms with Gasteiger partial charge in [-0.25, -0.2) is 9.78 Å². The Balaban J connectivity index is 2.96. The fraction of sp³-hybridized carbons (Fsp3) is 0.538. The highest BCUT2D eigenvalue weighted by molar-refractivity contribution is 5.79. The van der Waals surface area contributed by atoms with Gasteiger partial charge in [0.15, 0.2) is 0 Å². The Bertz CT molecular complexity index is 502. The van der Waals surface area contributed by atoms with E-state index >= 15 is 0 Å². The number of nitrogens with zero attached hydrogens (tertiary/aromatic N) is 2. The number of esters is 1. The van der Waals surface area contributed by atoms with Crippen molar-refractivity contribution in [1.82, 2.24) is 4.98 Å². The highest BCUT2D eigenvalue weighted by atomic mass is 16.6. The molecular formula is C13H19N3O4. The molecule has 1 aromatic heterocycles. The molecule has 7 heteroatoms. The highest BCUT2D eigenvalue weighted by Crippen LogP contribution is 2.21. The first kappa shape index (κ1) is 15.9. The van der Waals surface area contributed by atoms with E-state index < -0.39 is 16.9 Å². The van der Waals surface area contributed by atoms with Crippen LogP contribution in [0.3, 0.4) is 0 Å². The number of anilines is 1. The molecular weight excluding hydrogens is 262 g/mol. The standard InChI is InChI=1S/C13H19N3O4/c1-8(2)5-10(13(17)20-4)15-12-6-11(16(18)19)9(3)7-14-12/h6-8,10H,5H2,1-4H3,(H,14,15). The molecule has 20 heavy (non-hydrogen) atoms. The fourth-order valence-electron chi connectivity index (χ4n) is 1.79. The van der Waals surface area contributed by atoms with Crippen molar-refractivity contribution in [1.29, 1.82) is 0 Å². The lowest BCUT2D eigenvalue weighted by Gasteiger charge is -2.18. The van der Waals surface area contributed by atoms with E-state index in [0.717, 1.165) is 0 Å². The third-order valence-corrected chi connectivity index (χ3v) is 2.79. The van der Waals surface area contributed by atoms with Crippen molar-refractivity contribution in [2.24, 2.45) is 5.92 Å². The zero-order valence-electron chi connectivity index (χ0n) is 12.0. The predicted octanol–water partition coefficient (Wildman–Crippen LogP) is 2.30. The van der Waals surface area contributed by atoms with Crippen LogP contribution in [0.2, 0.25) is 0 Å². The molecule has 0 saturated carbocycles. The number of hydrogen-bond acceptors (Lipinski definition) is 6. The number of nitro groups is 1. The second-order valence-electron chi connectivity index (χ2n) is 4.96. The van der Waals surface area contributed by atoms with Gasteiger partial charge in [-0.05, 0) is 19.3 Å². The summed E-state index contributed by atoms with van der Waals surface area (Å²) in [5.41, 5.74) is 0.440. The molecule has 0 fully saturated rings. The fourth-order valence-corrected chi connectivity index (χ4v) is 1.79. The summed E-state index contributed by atoms with van der Waals surface area (Å²) in [6.45, 7) is 5.56. The molecule has 1 unspecified atom stereocenters. The minimum atomic E-state index is -0.574. The smallest absolute Gasteiger partial charge is 0.328 e. The van der Waals surface area contributed by atoms with Gasteiger partial charge in [-0.3, -0.25) is 10.1 Å². The van der Waals surface area contributed by atoms with Gasteiger partial charge in [0.05, 0.1) is 18.1 Å². The minimum Gasteiger partial charge on any atom is -0.467 e. The normalized spacial score (nSPS) is 12.1. The molecule has 1 rings (SSSR count). The summed E-state index contributed by atoms with van der Waals surface area (Å²) < 4.78 is 4.72. The van der Waals surface area contributed by atoms with Crippen molar-refractivity contribution >= 4 is 17.5 Å². The number of methoxy groups -OCH3 is 1. The predicted molar refractivity (Wildman–Crippen MR) is 74.5 cm³/mol. The SMILES string of the molecule is COC(=O)C(CC(C)C)Nc1cc([N+](=O)[O-])c(C)cn1. The summed E-state index contributed by atoms with van der Waals surface area (Å²) in [6, 6.07) is 0.751. The number of carbonyl (C=O) groups excluding carboxylic acids is 1. The van der Waals surface area contributed by atoms with Crippen molar-refractivity contribution in [2.75, 3.05) is 12.4 Å². The third-order valence-electron chi connectivity index (χ3n) is 2.79. The Kier molecular flexibility index (Phi) is 5.42. The Morgan fingerprint density at radius 3 is 2.70 bits per heavy atom. The second-order valence-corrected chi connectivity index (χ2v) is 4.96. The number of ether oxygens (including phenoxy) is 1. The van der Waals surface area contributed by atoms with Crippen molar-refractivity contribution in [3.63, 3.8) is 0 Å². The van der Waals surface area contributed by atoms with Crippen LogP contribution in [0.5, 0.6) is 0 Å². The zero-order chi connectivity index (χ0) is 15.3. The van der Waals surface area contributed by atoms with Gasteiger partial charge in [-0.1, -0.05) is 13.8 Å². The molecule has 0 amide bonds. The molecule has 0 aliphatic carbocycles. The van der Waals surface area contributed by atoms with Crippen LogP contribution < -0.4 is 5.32 Å². The van der Waals surface area contributed by atoms with Gasteiger partial charge in [-0.15, -0.1) is 0 Å². The molecule has 0 aliphatic heterocycles. The lowest BCUT2D eigenvalue weighted by atomic mass is 10.0. The molecule has 1 N–H and O–H groups in total. The van der Waals surface area contributed by atoms with Crippen LogP contribution in [0.25, 0.3) is 0 Å². The molecule has 7 nitrogen and oxygen atoms in total. The lowest BCUT2D eigenvalue weighted by Crippen LogP contribution is -2.32.